The minimum atomic E-state index is -4.90. The Morgan fingerprint density at radius 2 is 1.73 bits per heavy atom. The molecule has 0 amide bonds. The standard InChI is InChI=1S/C26H24F4N5O5P/c27-14-3-13(4-15(28)5-14)17-8-31-9-18(26-33-22-6-19(29)20(30)7-23(22)34-26)25(17)35-2-1-21(32-16-11-39-12-16)24(10-35)40-41(36,37)38/h3-9,16,21,24,32H,1-2,10-12H2,(H,33,34)(H2,36,37,38)/t21-,24+/m1/s1. The lowest BCUT2D eigenvalue weighted by Crippen LogP contribution is -2.59. The number of aromatic amines is 1. The van der Waals surface area contributed by atoms with Crippen LogP contribution in [0.15, 0.2) is 42.7 Å². The number of hydrogen-bond acceptors (Lipinski definition) is 7. The van der Waals surface area contributed by atoms with Crippen molar-refractivity contribution in [3.63, 3.8) is 0 Å². The summed E-state index contributed by atoms with van der Waals surface area (Å²) in [5.41, 5.74) is 1.51. The van der Waals surface area contributed by atoms with Gasteiger partial charge in [0.05, 0.1) is 41.5 Å². The highest BCUT2D eigenvalue weighted by molar-refractivity contribution is 7.46. The summed E-state index contributed by atoms with van der Waals surface area (Å²) in [5, 5.41) is 3.31. The molecule has 2 aromatic carbocycles. The summed E-state index contributed by atoms with van der Waals surface area (Å²) < 4.78 is 78.7. The molecule has 2 fully saturated rings. The number of fused-ring (bicyclic) bond motifs is 1. The molecule has 4 aromatic rings. The zero-order valence-corrected chi connectivity index (χ0v) is 22.1. The van der Waals surface area contributed by atoms with Crippen molar-refractivity contribution in [2.75, 3.05) is 31.2 Å². The number of anilines is 1. The number of nitrogens with zero attached hydrogens (tertiary/aromatic N) is 3. The van der Waals surface area contributed by atoms with E-state index in [0.717, 1.165) is 30.3 Å². The fourth-order valence-corrected chi connectivity index (χ4v) is 5.82. The number of H-pyrrole nitrogens is 1. The number of pyridine rings is 1. The van der Waals surface area contributed by atoms with Gasteiger partial charge in [-0.3, -0.25) is 9.51 Å². The van der Waals surface area contributed by atoms with Crippen LogP contribution in [0.4, 0.5) is 23.2 Å². The summed E-state index contributed by atoms with van der Waals surface area (Å²) in [4.78, 5) is 32.7. The SMILES string of the molecule is O=P(O)(O)O[C@H]1CN(c2c(-c3cc(F)cc(F)c3)cncc2-c2nc3cc(F)c(F)cc3[nH]2)CC[C@H]1NC1COC1. The minimum absolute atomic E-state index is 0.00748. The molecule has 216 valence electrons. The zero-order chi connectivity index (χ0) is 28.9. The highest BCUT2D eigenvalue weighted by atomic mass is 31.2. The lowest BCUT2D eigenvalue weighted by atomic mass is 9.96. The van der Waals surface area contributed by atoms with Crippen LogP contribution in [0.5, 0.6) is 0 Å². The molecule has 0 radical (unpaired) electrons. The number of nitrogens with one attached hydrogen (secondary N) is 2. The number of piperidine rings is 1. The largest absolute Gasteiger partial charge is 0.469 e. The molecule has 0 aliphatic carbocycles. The lowest BCUT2D eigenvalue weighted by Gasteiger charge is -2.43. The lowest BCUT2D eigenvalue weighted by molar-refractivity contribution is -0.0213. The quantitative estimate of drug-likeness (QED) is 0.186. The van der Waals surface area contributed by atoms with Gasteiger partial charge in [-0.2, -0.15) is 0 Å². The number of hydrogen-bond donors (Lipinski definition) is 4. The molecule has 0 unspecified atom stereocenters. The summed E-state index contributed by atoms with van der Waals surface area (Å²) in [6.07, 6.45) is 2.25. The van der Waals surface area contributed by atoms with Crippen molar-refractivity contribution in [1.82, 2.24) is 20.3 Å². The van der Waals surface area contributed by atoms with Gasteiger partial charge in [0.15, 0.2) is 11.6 Å². The van der Waals surface area contributed by atoms with Gasteiger partial charge in [0.2, 0.25) is 0 Å². The van der Waals surface area contributed by atoms with E-state index in [0.29, 0.717) is 43.0 Å². The van der Waals surface area contributed by atoms with Gasteiger partial charge in [-0.05, 0) is 24.1 Å². The zero-order valence-electron chi connectivity index (χ0n) is 21.2. The Bertz CT molecular complexity index is 1600. The molecule has 0 bridgehead atoms. The number of rotatable bonds is 7. The van der Waals surface area contributed by atoms with Crippen LogP contribution in [0.3, 0.4) is 0 Å². The number of halogens is 4. The third-order valence-corrected chi connectivity index (χ3v) is 7.65. The molecule has 2 aromatic heterocycles. The van der Waals surface area contributed by atoms with Gasteiger partial charge in [0.25, 0.3) is 0 Å². The fourth-order valence-electron chi connectivity index (χ4n) is 5.25. The molecule has 2 saturated heterocycles. The van der Waals surface area contributed by atoms with E-state index >= 15 is 0 Å². The fraction of sp³-hybridized carbons (Fsp3) is 0.308. The summed E-state index contributed by atoms with van der Waals surface area (Å²) in [5.74, 6) is -3.62. The summed E-state index contributed by atoms with van der Waals surface area (Å²) in [6.45, 7) is 1.24. The van der Waals surface area contributed by atoms with Crippen molar-refractivity contribution in [2.45, 2.75) is 24.6 Å². The first-order valence-corrected chi connectivity index (χ1v) is 14.2. The summed E-state index contributed by atoms with van der Waals surface area (Å²) in [6, 6.07) is 4.48. The monoisotopic (exact) mass is 593 g/mol. The molecule has 4 N–H and O–H groups in total. The van der Waals surface area contributed by atoms with Crippen molar-refractivity contribution in [1.29, 1.82) is 0 Å². The Hall–Kier alpha value is -3.39. The second-order valence-electron chi connectivity index (χ2n) is 9.99. The Kier molecular flexibility index (Phi) is 7.30. The second kappa shape index (κ2) is 10.8. The molecule has 41 heavy (non-hydrogen) atoms. The van der Waals surface area contributed by atoms with E-state index in [-0.39, 0.29) is 35.0 Å². The van der Waals surface area contributed by atoms with Gasteiger partial charge in [-0.15, -0.1) is 0 Å². The van der Waals surface area contributed by atoms with Crippen molar-refractivity contribution in [3.8, 4) is 22.5 Å². The van der Waals surface area contributed by atoms with Gasteiger partial charge < -0.3 is 29.7 Å². The number of benzene rings is 2. The average molecular weight is 593 g/mol. The third-order valence-electron chi connectivity index (χ3n) is 7.11. The number of ether oxygens (including phenoxy) is 1. The molecule has 10 nitrogen and oxygen atoms in total. The Labute approximate surface area is 230 Å². The van der Waals surface area contributed by atoms with Crippen LogP contribution in [-0.4, -0.2) is 69.2 Å². The van der Waals surface area contributed by atoms with Crippen LogP contribution in [-0.2, 0) is 13.8 Å². The molecule has 4 heterocycles. The molecular formula is C26H24F4N5O5P. The van der Waals surface area contributed by atoms with Crippen LogP contribution in [0.25, 0.3) is 33.5 Å². The van der Waals surface area contributed by atoms with E-state index in [1.807, 2.05) is 0 Å². The third kappa shape index (κ3) is 5.85. The smallest absolute Gasteiger partial charge is 0.378 e. The van der Waals surface area contributed by atoms with Gasteiger partial charge in [0, 0.05) is 55.3 Å². The minimum Gasteiger partial charge on any atom is -0.378 e. The highest BCUT2D eigenvalue weighted by Crippen LogP contribution is 2.43. The van der Waals surface area contributed by atoms with Crippen LogP contribution < -0.4 is 10.2 Å². The average Bonchev–Trinajstić information content (AvgIpc) is 3.27. The Morgan fingerprint density at radius 1 is 1.02 bits per heavy atom. The maximum Gasteiger partial charge on any atom is 0.469 e. The molecular weight excluding hydrogens is 569 g/mol. The molecule has 6 rings (SSSR count). The van der Waals surface area contributed by atoms with E-state index in [1.165, 1.54) is 12.4 Å². The van der Waals surface area contributed by atoms with Crippen molar-refractivity contribution >= 4 is 24.5 Å². The Balaban J connectivity index is 1.47. The predicted molar refractivity (Wildman–Crippen MR) is 140 cm³/mol. The van der Waals surface area contributed by atoms with Crippen molar-refractivity contribution < 1.29 is 41.2 Å². The van der Waals surface area contributed by atoms with Crippen LogP contribution in [0.2, 0.25) is 0 Å². The number of phosphoric ester groups is 1. The molecule has 0 spiro atoms. The molecule has 15 heteroatoms. The topological polar surface area (TPSA) is 133 Å². The van der Waals surface area contributed by atoms with Crippen molar-refractivity contribution in [3.05, 3.63) is 66.0 Å². The Morgan fingerprint density at radius 3 is 2.41 bits per heavy atom. The normalized spacial score (nSPS) is 20.0. The van der Waals surface area contributed by atoms with Crippen molar-refractivity contribution in [2.24, 2.45) is 0 Å². The van der Waals surface area contributed by atoms with E-state index in [2.05, 4.69) is 20.3 Å². The first-order valence-electron chi connectivity index (χ1n) is 12.7. The summed E-state index contributed by atoms with van der Waals surface area (Å²) in [7, 11) is -4.90. The van der Waals surface area contributed by atoms with Gasteiger partial charge in [-0.1, -0.05) is 0 Å². The van der Waals surface area contributed by atoms with Crippen LogP contribution >= 0.6 is 7.82 Å². The van der Waals surface area contributed by atoms with E-state index in [1.54, 1.807) is 4.90 Å². The number of aromatic nitrogens is 3. The van der Waals surface area contributed by atoms with Gasteiger partial charge in [0.1, 0.15) is 23.6 Å². The number of phosphoric acid groups is 1. The highest BCUT2D eigenvalue weighted by Gasteiger charge is 2.38. The first kappa shape index (κ1) is 27.8. The van der Waals surface area contributed by atoms with Crippen LogP contribution in [0, 0.1) is 23.3 Å². The van der Waals surface area contributed by atoms with E-state index in [4.69, 9.17) is 9.26 Å². The van der Waals surface area contributed by atoms with E-state index < -0.39 is 43.2 Å². The summed E-state index contributed by atoms with van der Waals surface area (Å²) >= 11 is 0. The maximum absolute atomic E-state index is 14.3. The first-order chi connectivity index (χ1) is 19.5. The van der Waals surface area contributed by atoms with E-state index in [9.17, 15) is 31.9 Å². The van der Waals surface area contributed by atoms with Gasteiger partial charge >= 0.3 is 7.82 Å². The molecule has 2 aliphatic heterocycles. The molecule has 0 saturated carbocycles. The second-order valence-corrected chi connectivity index (χ2v) is 11.2. The number of imidazole rings is 1. The molecule has 2 atom stereocenters. The predicted octanol–water partition coefficient (Wildman–Crippen LogP) is 3.89. The van der Waals surface area contributed by atoms with Crippen LogP contribution in [0.1, 0.15) is 6.42 Å². The van der Waals surface area contributed by atoms with Gasteiger partial charge in [-0.25, -0.2) is 27.1 Å². The molecule has 2 aliphatic rings. The maximum atomic E-state index is 14.3.